The molecule has 0 radical (unpaired) electrons. The Hall–Kier alpha value is -0.120. The molecule has 1 aliphatic heterocycles. The third-order valence-electron chi connectivity index (χ3n) is 2.87. The van der Waals surface area contributed by atoms with Gasteiger partial charge in [0.15, 0.2) is 0 Å². The van der Waals surface area contributed by atoms with Gasteiger partial charge in [-0.2, -0.15) is 0 Å². The van der Waals surface area contributed by atoms with Crippen molar-refractivity contribution in [2.45, 2.75) is 38.5 Å². The van der Waals surface area contributed by atoms with Gasteiger partial charge < -0.3 is 9.47 Å². The molecule has 3 nitrogen and oxygen atoms in total. The van der Waals surface area contributed by atoms with E-state index < -0.39 is 0 Å². The zero-order valence-electron chi connectivity index (χ0n) is 9.12. The largest absolute Gasteiger partial charge is 0.379 e. The van der Waals surface area contributed by atoms with Crippen LogP contribution in [0.15, 0.2) is 0 Å². The van der Waals surface area contributed by atoms with E-state index in [4.69, 9.17) is 9.47 Å². The predicted octanol–water partition coefficient (Wildman–Crippen LogP) is 1.13. The molecule has 0 spiro atoms. The lowest BCUT2D eigenvalue weighted by Gasteiger charge is -2.38. The van der Waals surface area contributed by atoms with Gasteiger partial charge in [0.1, 0.15) is 0 Å². The number of hydrogen-bond acceptors (Lipinski definition) is 3. The number of likely N-dealkylation sites (tertiary alicyclic amines) is 1. The lowest BCUT2D eigenvalue weighted by atomic mass is 10.0. The summed E-state index contributed by atoms with van der Waals surface area (Å²) in [6, 6.07) is 0.607. The number of hydrogen-bond donors (Lipinski definition) is 0. The van der Waals surface area contributed by atoms with E-state index in [1.54, 1.807) is 14.2 Å². The van der Waals surface area contributed by atoms with Crippen LogP contribution in [0, 0.1) is 0 Å². The van der Waals surface area contributed by atoms with Gasteiger partial charge in [-0.3, -0.25) is 4.90 Å². The molecule has 0 aromatic heterocycles. The topological polar surface area (TPSA) is 21.7 Å². The van der Waals surface area contributed by atoms with Crippen LogP contribution in [0.3, 0.4) is 0 Å². The second kappa shape index (κ2) is 4.94. The summed E-state index contributed by atoms with van der Waals surface area (Å²) in [5.74, 6) is 0. The Morgan fingerprint density at radius 2 is 1.77 bits per heavy atom. The zero-order chi connectivity index (χ0) is 9.84. The molecule has 78 valence electrons. The van der Waals surface area contributed by atoms with Crippen LogP contribution < -0.4 is 0 Å². The molecular formula is C10H21NO2. The summed E-state index contributed by atoms with van der Waals surface area (Å²) in [6.45, 7) is 6.56. The second-order valence-corrected chi connectivity index (χ2v) is 3.93. The normalized spacial score (nSPS) is 31.2. The van der Waals surface area contributed by atoms with Crippen LogP contribution in [0.4, 0.5) is 0 Å². The van der Waals surface area contributed by atoms with Crippen LogP contribution in [-0.4, -0.2) is 50.5 Å². The summed E-state index contributed by atoms with van der Waals surface area (Å²) in [5.41, 5.74) is 0. The first-order valence-corrected chi connectivity index (χ1v) is 4.98. The van der Waals surface area contributed by atoms with Crippen molar-refractivity contribution in [3.8, 4) is 0 Å². The van der Waals surface area contributed by atoms with Crippen LogP contribution >= 0.6 is 0 Å². The molecule has 1 saturated heterocycles. The Bertz CT molecular complexity index is 150. The van der Waals surface area contributed by atoms with Crippen molar-refractivity contribution in [3.63, 3.8) is 0 Å². The molecule has 1 fully saturated rings. The summed E-state index contributed by atoms with van der Waals surface area (Å²) in [5, 5.41) is 0. The van der Waals surface area contributed by atoms with E-state index >= 15 is 0 Å². The maximum Gasteiger partial charge on any atom is 0.0959 e. The minimum absolute atomic E-state index is 0.237. The van der Waals surface area contributed by atoms with Gasteiger partial charge in [0.2, 0.25) is 0 Å². The third-order valence-corrected chi connectivity index (χ3v) is 2.87. The highest BCUT2D eigenvalue weighted by Crippen LogP contribution is 2.17. The first-order valence-electron chi connectivity index (χ1n) is 4.98. The predicted molar refractivity (Wildman–Crippen MR) is 52.9 cm³/mol. The van der Waals surface area contributed by atoms with Gasteiger partial charge in [-0.15, -0.1) is 0 Å². The van der Waals surface area contributed by atoms with Gasteiger partial charge in [-0.25, -0.2) is 0 Å². The molecule has 3 heteroatoms. The molecule has 0 amide bonds. The second-order valence-electron chi connectivity index (χ2n) is 3.93. The highest BCUT2D eigenvalue weighted by atomic mass is 16.5. The van der Waals surface area contributed by atoms with Crippen LogP contribution in [-0.2, 0) is 9.47 Å². The van der Waals surface area contributed by atoms with Gasteiger partial charge in [0, 0.05) is 33.4 Å². The Kier molecular flexibility index (Phi) is 4.16. The fraction of sp³-hybridized carbons (Fsp3) is 1.00. The monoisotopic (exact) mass is 187 g/mol. The summed E-state index contributed by atoms with van der Waals surface area (Å²) in [7, 11) is 3.53. The summed E-state index contributed by atoms with van der Waals surface area (Å²) >= 11 is 0. The van der Waals surface area contributed by atoms with Gasteiger partial charge in [-0.1, -0.05) is 0 Å². The van der Waals surface area contributed by atoms with Crippen molar-refractivity contribution in [3.05, 3.63) is 0 Å². The van der Waals surface area contributed by atoms with E-state index in [1.165, 1.54) is 0 Å². The highest BCUT2D eigenvalue weighted by Gasteiger charge is 2.29. The zero-order valence-corrected chi connectivity index (χ0v) is 9.12. The molecule has 1 rings (SSSR count). The molecule has 2 unspecified atom stereocenters. The van der Waals surface area contributed by atoms with Gasteiger partial charge in [0.05, 0.1) is 12.2 Å². The summed E-state index contributed by atoms with van der Waals surface area (Å²) < 4.78 is 10.8. The first kappa shape index (κ1) is 11.0. The molecule has 2 atom stereocenters. The van der Waals surface area contributed by atoms with E-state index in [0.717, 1.165) is 19.5 Å². The average Bonchev–Trinajstić information content (AvgIpc) is 2.16. The van der Waals surface area contributed by atoms with Crippen molar-refractivity contribution in [2.24, 2.45) is 0 Å². The third kappa shape index (κ3) is 2.66. The van der Waals surface area contributed by atoms with Crippen molar-refractivity contribution in [1.82, 2.24) is 4.90 Å². The van der Waals surface area contributed by atoms with Crippen molar-refractivity contribution < 1.29 is 9.47 Å². The summed E-state index contributed by atoms with van der Waals surface area (Å²) in [4.78, 5) is 2.43. The Balaban J connectivity index is 2.47. The quantitative estimate of drug-likeness (QED) is 0.661. The van der Waals surface area contributed by atoms with Crippen molar-refractivity contribution >= 4 is 0 Å². The number of rotatable bonds is 3. The van der Waals surface area contributed by atoms with Gasteiger partial charge in [-0.05, 0) is 20.3 Å². The molecule has 1 aliphatic rings. The van der Waals surface area contributed by atoms with E-state index in [2.05, 4.69) is 18.7 Å². The molecule has 1 heterocycles. The van der Waals surface area contributed by atoms with Gasteiger partial charge >= 0.3 is 0 Å². The van der Waals surface area contributed by atoms with E-state index in [1.807, 2.05) is 0 Å². The minimum atomic E-state index is 0.237. The maximum absolute atomic E-state index is 5.41. The molecule has 0 aromatic rings. The minimum Gasteiger partial charge on any atom is -0.379 e. The molecule has 0 aliphatic carbocycles. The van der Waals surface area contributed by atoms with E-state index in [-0.39, 0.29) is 12.2 Å². The fourth-order valence-electron chi connectivity index (χ4n) is 1.88. The van der Waals surface area contributed by atoms with Crippen LogP contribution in [0.5, 0.6) is 0 Å². The molecule has 0 saturated carbocycles. The van der Waals surface area contributed by atoms with Crippen molar-refractivity contribution in [1.29, 1.82) is 0 Å². The maximum atomic E-state index is 5.41. The smallest absolute Gasteiger partial charge is 0.0959 e. The summed E-state index contributed by atoms with van der Waals surface area (Å²) in [6.07, 6.45) is 1.59. The van der Waals surface area contributed by atoms with Crippen LogP contribution in [0.25, 0.3) is 0 Å². The standard InChI is InChI=1S/C10H21NO2/c1-8(2)11-6-5-9(12-3)10(7-11)13-4/h8-10H,5-7H2,1-4H3. The molecule has 0 bridgehead atoms. The Labute approximate surface area is 81.0 Å². The molecule has 13 heavy (non-hydrogen) atoms. The first-order chi connectivity index (χ1) is 6.19. The lowest BCUT2D eigenvalue weighted by molar-refractivity contribution is -0.0840. The Morgan fingerprint density at radius 3 is 2.23 bits per heavy atom. The Morgan fingerprint density at radius 1 is 1.15 bits per heavy atom. The molecular weight excluding hydrogens is 166 g/mol. The van der Waals surface area contributed by atoms with E-state index in [0.29, 0.717) is 6.04 Å². The van der Waals surface area contributed by atoms with Crippen LogP contribution in [0.2, 0.25) is 0 Å². The molecule has 0 aromatic carbocycles. The number of ether oxygens (including phenoxy) is 2. The van der Waals surface area contributed by atoms with Crippen molar-refractivity contribution in [2.75, 3.05) is 27.3 Å². The average molecular weight is 187 g/mol. The van der Waals surface area contributed by atoms with Gasteiger partial charge in [0.25, 0.3) is 0 Å². The highest BCUT2D eigenvalue weighted by molar-refractivity contribution is 4.82. The van der Waals surface area contributed by atoms with Crippen LogP contribution in [0.1, 0.15) is 20.3 Å². The van der Waals surface area contributed by atoms with E-state index in [9.17, 15) is 0 Å². The molecule has 0 N–H and O–H groups in total. The number of methoxy groups -OCH3 is 2. The number of piperidine rings is 1. The lowest BCUT2D eigenvalue weighted by Crippen LogP contribution is -2.50. The fourth-order valence-corrected chi connectivity index (χ4v) is 1.88. The SMILES string of the molecule is COC1CCN(C(C)C)CC1OC. The number of nitrogens with zero attached hydrogens (tertiary/aromatic N) is 1.